The summed E-state index contributed by atoms with van der Waals surface area (Å²) in [7, 11) is 1.49. The highest BCUT2D eigenvalue weighted by Gasteiger charge is 2.21. The maximum absolute atomic E-state index is 13.1. The molecule has 0 unspecified atom stereocenters. The SMILES string of the molecule is COc1cccc(NC(=O)C(=O)Nn2c(C(=O)Nc3ccccc3Cl)cc3cc(Cl)ccc32)c1. The standard InChI is InChI=1S/C24H18Cl2N4O4/c1-34-17-6-4-5-16(13-17)27-23(32)24(33)29-30-20-10-9-15(25)11-14(20)12-21(30)22(31)28-19-8-3-2-7-18(19)26/h2-13H,1H3,(H,27,32)(H,28,31)(H,29,33). The van der Waals surface area contributed by atoms with Crippen molar-refractivity contribution in [3.8, 4) is 5.75 Å². The number of ether oxygens (including phenoxy) is 1. The number of hydrogen-bond donors (Lipinski definition) is 3. The molecular formula is C24H18Cl2N4O4. The number of nitrogens with zero attached hydrogens (tertiary/aromatic N) is 1. The number of aromatic nitrogens is 1. The number of amides is 3. The van der Waals surface area contributed by atoms with Crippen molar-refractivity contribution in [2.45, 2.75) is 0 Å². The van der Waals surface area contributed by atoms with Crippen molar-refractivity contribution in [3.05, 3.63) is 88.5 Å². The Hall–Kier alpha value is -4.01. The second kappa shape index (κ2) is 9.86. The van der Waals surface area contributed by atoms with Gasteiger partial charge in [-0.05, 0) is 48.5 Å². The molecule has 1 heterocycles. The Kier molecular flexibility index (Phi) is 6.72. The number of anilines is 2. The fourth-order valence-electron chi connectivity index (χ4n) is 3.26. The van der Waals surface area contributed by atoms with Crippen LogP contribution < -0.4 is 20.8 Å². The zero-order chi connectivity index (χ0) is 24.2. The second-order valence-corrected chi connectivity index (χ2v) is 7.97. The molecule has 8 nitrogen and oxygen atoms in total. The van der Waals surface area contributed by atoms with E-state index in [4.69, 9.17) is 27.9 Å². The normalized spacial score (nSPS) is 10.6. The molecular weight excluding hydrogens is 479 g/mol. The minimum Gasteiger partial charge on any atom is -0.497 e. The molecule has 3 N–H and O–H groups in total. The van der Waals surface area contributed by atoms with Gasteiger partial charge in [-0.1, -0.05) is 41.4 Å². The van der Waals surface area contributed by atoms with Gasteiger partial charge in [0.2, 0.25) is 0 Å². The molecule has 0 atom stereocenters. The molecule has 3 aromatic carbocycles. The predicted molar refractivity (Wildman–Crippen MR) is 132 cm³/mol. The van der Waals surface area contributed by atoms with Crippen molar-refractivity contribution in [2.24, 2.45) is 0 Å². The lowest BCUT2D eigenvalue weighted by molar-refractivity contribution is -0.133. The number of carbonyl (C=O) groups is 3. The summed E-state index contributed by atoms with van der Waals surface area (Å²) in [6, 6.07) is 19.7. The summed E-state index contributed by atoms with van der Waals surface area (Å²) in [5, 5.41) is 6.59. The van der Waals surface area contributed by atoms with Crippen LogP contribution in [-0.4, -0.2) is 29.5 Å². The molecule has 34 heavy (non-hydrogen) atoms. The lowest BCUT2D eigenvalue weighted by Crippen LogP contribution is -2.36. The number of nitrogens with one attached hydrogen (secondary N) is 3. The topological polar surface area (TPSA) is 101 Å². The minimum atomic E-state index is -0.984. The van der Waals surface area contributed by atoms with Gasteiger partial charge >= 0.3 is 11.8 Å². The Morgan fingerprint density at radius 3 is 2.41 bits per heavy atom. The molecule has 0 saturated heterocycles. The third-order valence-corrected chi connectivity index (χ3v) is 5.43. The van der Waals surface area contributed by atoms with Crippen LogP contribution in [0.15, 0.2) is 72.8 Å². The number of carbonyl (C=O) groups excluding carboxylic acids is 3. The van der Waals surface area contributed by atoms with Crippen LogP contribution in [-0.2, 0) is 9.59 Å². The van der Waals surface area contributed by atoms with Crippen LogP contribution in [0, 0.1) is 0 Å². The summed E-state index contributed by atoms with van der Waals surface area (Å²) < 4.78 is 6.35. The van der Waals surface area contributed by atoms with E-state index in [2.05, 4.69) is 16.1 Å². The van der Waals surface area contributed by atoms with Crippen LogP contribution in [0.5, 0.6) is 5.75 Å². The lowest BCUT2D eigenvalue weighted by atomic mass is 10.2. The molecule has 3 amide bonds. The number of rotatable bonds is 5. The molecule has 0 spiro atoms. The Morgan fingerprint density at radius 2 is 1.65 bits per heavy atom. The number of methoxy groups -OCH3 is 1. The summed E-state index contributed by atoms with van der Waals surface area (Å²) in [5.41, 5.74) is 3.79. The van der Waals surface area contributed by atoms with Gasteiger partial charge in [0, 0.05) is 22.2 Å². The van der Waals surface area contributed by atoms with Gasteiger partial charge in [-0.15, -0.1) is 0 Å². The monoisotopic (exact) mass is 496 g/mol. The van der Waals surface area contributed by atoms with Crippen molar-refractivity contribution in [3.63, 3.8) is 0 Å². The Labute approximate surface area is 204 Å². The first-order valence-corrected chi connectivity index (χ1v) is 10.7. The van der Waals surface area contributed by atoms with Crippen LogP contribution in [0.25, 0.3) is 10.9 Å². The zero-order valence-corrected chi connectivity index (χ0v) is 19.3. The van der Waals surface area contributed by atoms with Crippen LogP contribution in [0.3, 0.4) is 0 Å². The number of fused-ring (bicyclic) bond motifs is 1. The smallest absolute Gasteiger partial charge is 0.328 e. The van der Waals surface area contributed by atoms with Crippen molar-refractivity contribution in [1.29, 1.82) is 0 Å². The van der Waals surface area contributed by atoms with E-state index in [0.717, 1.165) is 0 Å². The largest absolute Gasteiger partial charge is 0.497 e. The Balaban J connectivity index is 1.62. The molecule has 4 rings (SSSR count). The highest BCUT2D eigenvalue weighted by atomic mass is 35.5. The van der Waals surface area contributed by atoms with Gasteiger partial charge in [0.1, 0.15) is 11.4 Å². The van der Waals surface area contributed by atoms with Gasteiger partial charge in [0.25, 0.3) is 5.91 Å². The second-order valence-electron chi connectivity index (χ2n) is 7.13. The van der Waals surface area contributed by atoms with Crippen LogP contribution in [0.1, 0.15) is 10.5 Å². The van der Waals surface area contributed by atoms with E-state index >= 15 is 0 Å². The van der Waals surface area contributed by atoms with Crippen molar-refractivity contribution in [1.82, 2.24) is 4.68 Å². The first kappa shape index (κ1) is 23.2. The Bertz CT molecular complexity index is 1420. The number of benzene rings is 3. The fourth-order valence-corrected chi connectivity index (χ4v) is 3.63. The van der Waals surface area contributed by atoms with Crippen LogP contribution in [0.2, 0.25) is 10.0 Å². The summed E-state index contributed by atoms with van der Waals surface area (Å²) in [6.45, 7) is 0. The fraction of sp³-hybridized carbons (Fsp3) is 0.0417. The van der Waals surface area contributed by atoms with Gasteiger partial charge in [-0.2, -0.15) is 0 Å². The molecule has 0 aliphatic heterocycles. The molecule has 10 heteroatoms. The number of hydrogen-bond acceptors (Lipinski definition) is 4. The zero-order valence-electron chi connectivity index (χ0n) is 17.8. The molecule has 0 aliphatic carbocycles. The molecule has 1 aromatic heterocycles. The molecule has 0 aliphatic rings. The average molecular weight is 497 g/mol. The molecule has 4 aromatic rings. The predicted octanol–water partition coefficient (Wildman–Crippen LogP) is 4.92. The number of halogens is 2. The molecule has 0 fully saturated rings. The van der Waals surface area contributed by atoms with Crippen molar-refractivity contribution in [2.75, 3.05) is 23.2 Å². The van der Waals surface area contributed by atoms with Gasteiger partial charge < -0.3 is 15.4 Å². The van der Waals surface area contributed by atoms with E-state index in [1.807, 2.05) is 0 Å². The quantitative estimate of drug-likeness (QED) is 0.341. The average Bonchev–Trinajstić information content (AvgIpc) is 3.18. The molecule has 0 radical (unpaired) electrons. The summed E-state index contributed by atoms with van der Waals surface area (Å²) in [4.78, 5) is 38.3. The van der Waals surface area contributed by atoms with Gasteiger partial charge in [0.15, 0.2) is 0 Å². The summed E-state index contributed by atoms with van der Waals surface area (Å²) >= 11 is 12.2. The first-order chi connectivity index (χ1) is 16.4. The van der Waals surface area contributed by atoms with Crippen molar-refractivity contribution < 1.29 is 19.1 Å². The highest BCUT2D eigenvalue weighted by Crippen LogP contribution is 2.25. The van der Waals surface area contributed by atoms with Gasteiger partial charge in [-0.3, -0.25) is 19.8 Å². The maximum Gasteiger partial charge on any atom is 0.328 e. The minimum absolute atomic E-state index is 0.0692. The maximum atomic E-state index is 13.1. The van der Waals surface area contributed by atoms with Gasteiger partial charge in [-0.25, -0.2) is 4.68 Å². The highest BCUT2D eigenvalue weighted by molar-refractivity contribution is 6.42. The van der Waals surface area contributed by atoms with E-state index in [1.54, 1.807) is 72.8 Å². The molecule has 172 valence electrons. The van der Waals surface area contributed by atoms with E-state index < -0.39 is 17.7 Å². The third-order valence-electron chi connectivity index (χ3n) is 4.87. The van der Waals surface area contributed by atoms with Crippen LogP contribution in [0.4, 0.5) is 11.4 Å². The lowest BCUT2D eigenvalue weighted by Gasteiger charge is -2.13. The first-order valence-electron chi connectivity index (χ1n) is 9.99. The summed E-state index contributed by atoms with van der Waals surface area (Å²) in [6.07, 6.45) is 0. The van der Waals surface area contributed by atoms with Gasteiger partial charge in [0.05, 0.1) is 23.3 Å². The van der Waals surface area contributed by atoms with E-state index in [1.165, 1.54) is 11.8 Å². The van der Waals surface area contributed by atoms with E-state index in [0.29, 0.717) is 38.1 Å². The van der Waals surface area contributed by atoms with Crippen LogP contribution >= 0.6 is 23.2 Å². The molecule has 0 saturated carbocycles. The van der Waals surface area contributed by atoms with E-state index in [-0.39, 0.29) is 5.69 Å². The molecule has 0 bridgehead atoms. The summed E-state index contributed by atoms with van der Waals surface area (Å²) in [5.74, 6) is -1.94. The number of para-hydroxylation sites is 1. The van der Waals surface area contributed by atoms with E-state index in [9.17, 15) is 14.4 Å². The third kappa shape index (κ3) is 4.98. The Morgan fingerprint density at radius 1 is 0.853 bits per heavy atom. The van der Waals surface area contributed by atoms with Crippen molar-refractivity contribution >= 4 is 63.2 Å².